The topological polar surface area (TPSA) is 96.0 Å². The molecule has 0 bridgehead atoms. The van der Waals surface area contributed by atoms with Gasteiger partial charge in [0.25, 0.3) is 0 Å². The van der Waals surface area contributed by atoms with Crippen molar-refractivity contribution >= 4 is 32.9 Å². The van der Waals surface area contributed by atoms with Crippen molar-refractivity contribution in [3.63, 3.8) is 0 Å². The molecule has 198 valence electrons. The molecule has 10 heteroatoms. The molecule has 0 unspecified atom stereocenters. The van der Waals surface area contributed by atoms with Crippen molar-refractivity contribution in [2.45, 2.75) is 23.3 Å². The van der Waals surface area contributed by atoms with Gasteiger partial charge in [-0.05, 0) is 49.4 Å². The molecule has 3 aromatic carbocycles. The van der Waals surface area contributed by atoms with Gasteiger partial charge in [0.05, 0.1) is 36.9 Å². The molecule has 38 heavy (non-hydrogen) atoms. The van der Waals surface area contributed by atoms with Crippen molar-refractivity contribution < 1.29 is 27.4 Å². The van der Waals surface area contributed by atoms with E-state index < -0.39 is 9.84 Å². The summed E-state index contributed by atoms with van der Waals surface area (Å²) in [6, 6.07) is 20.1. The van der Waals surface area contributed by atoms with Crippen LogP contribution in [0.4, 0.5) is 11.5 Å². The number of nitrogens with one attached hydrogen (secondary N) is 1. The minimum absolute atomic E-state index is 0.00311. The Balaban J connectivity index is 1.61. The quantitative estimate of drug-likeness (QED) is 0.247. The Bertz CT molecular complexity index is 1540. The number of hydrogen-bond acceptors (Lipinski definition) is 8. The summed E-state index contributed by atoms with van der Waals surface area (Å²) in [5.41, 5.74) is 1.92. The second-order valence-corrected chi connectivity index (χ2v) is 10.5. The Labute approximate surface area is 227 Å². The summed E-state index contributed by atoms with van der Waals surface area (Å²) in [7, 11) is 0.659. The van der Waals surface area contributed by atoms with Gasteiger partial charge in [-0.2, -0.15) is 0 Å². The molecule has 0 aliphatic carbocycles. The normalized spacial score (nSPS) is 11.1. The van der Waals surface area contributed by atoms with Crippen molar-refractivity contribution in [1.29, 1.82) is 0 Å². The summed E-state index contributed by atoms with van der Waals surface area (Å²) in [6.07, 6.45) is 0. The van der Waals surface area contributed by atoms with Gasteiger partial charge >= 0.3 is 0 Å². The fourth-order valence-electron chi connectivity index (χ4n) is 3.75. The van der Waals surface area contributed by atoms with Gasteiger partial charge in [-0.3, -0.25) is 0 Å². The lowest BCUT2D eigenvalue weighted by Crippen LogP contribution is -2.08. The molecule has 0 spiro atoms. The molecule has 0 aliphatic heterocycles. The van der Waals surface area contributed by atoms with Crippen LogP contribution in [0.25, 0.3) is 0 Å². The number of aromatic nitrogens is 1. The van der Waals surface area contributed by atoms with E-state index in [4.69, 9.17) is 30.5 Å². The molecule has 1 aromatic heterocycles. The molecule has 8 nitrogen and oxygen atoms in total. The monoisotopic (exact) mass is 554 g/mol. The third kappa shape index (κ3) is 5.79. The highest BCUT2D eigenvalue weighted by atomic mass is 35.5. The number of anilines is 2. The summed E-state index contributed by atoms with van der Waals surface area (Å²) in [6.45, 7) is 2.05. The third-order valence-corrected chi connectivity index (χ3v) is 7.85. The predicted octanol–water partition coefficient (Wildman–Crippen LogP) is 6.22. The van der Waals surface area contributed by atoms with Crippen LogP contribution in [0.1, 0.15) is 11.3 Å². The molecule has 0 radical (unpaired) electrons. The maximum atomic E-state index is 13.6. The number of pyridine rings is 1. The SMILES string of the molecule is COc1ccccc1COc1ccc(S(=O)(=O)c2ccc(C)nc2Nc2cc(OC)c(OC)cc2Cl)cc1. The number of hydrogen-bond donors (Lipinski definition) is 1. The number of rotatable bonds is 10. The number of aryl methyl sites for hydroxylation is 1. The molecule has 1 heterocycles. The van der Waals surface area contributed by atoms with Crippen molar-refractivity contribution in [1.82, 2.24) is 4.98 Å². The summed E-state index contributed by atoms with van der Waals surface area (Å²) in [5, 5.41) is 3.36. The fourth-order valence-corrected chi connectivity index (χ4v) is 5.30. The van der Waals surface area contributed by atoms with Crippen molar-refractivity contribution in [2.75, 3.05) is 26.6 Å². The van der Waals surface area contributed by atoms with E-state index in [-0.39, 0.29) is 22.2 Å². The molecule has 0 fully saturated rings. The highest BCUT2D eigenvalue weighted by Crippen LogP contribution is 2.38. The zero-order chi connectivity index (χ0) is 27.3. The van der Waals surface area contributed by atoms with Crippen LogP contribution in [0.15, 0.2) is 82.6 Å². The number of benzene rings is 3. The maximum absolute atomic E-state index is 13.6. The molecule has 0 saturated carbocycles. The van der Waals surface area contributed by atoms with Gasteiger partial charge in [0.15, 0.2) is 11.5 Å². The van der Waals surface area contributed by atoms with Gasteiger partial charge < -0.3 is 24.3 Å². The van der Waals surface area contributed by atoms with Crippen LogP contribution in [0.2, 0.25) is 5.02 Å². The first-order chi connectivity index (χ1) is 18.3. The minimum Gasteiger partial charge on any atom is -0.496 e. The van der Waals surface area contributed by atoms with E-state index in [2.05, 4.69) is 10.3 Å². The summed E-state index contributed by atoms with van der Waals surface area (Å²) >= 11 is 6.42. The lowest BCUT2D eigenvalue weighted by atomic mass is 10.2. The van der Waals surface area contributed by atoms with Crippen LogP contribution < -0.4 is 24.3 Å². The van der Waals surface area contributed by atoms with Crippen molar-refractivity contribution in [3.05, 3.63) is 89.1 Å². The van der Waals surface area contributed by atoms with E-state index in [0.717, 1.165) is 5.56 Å². The first kappa shape index (κ1) is 27.1. The van der Waals surface area contributed by atoms with Crippen LogP contribution in [-0.2, 0) is 16.4 Å². The number of methoxy groups -OCH3 is 3. The van der Waals surface area contributed by atoms with Gasteiger partial charge in [-0.15, -0.1) is 0 Å². The fraction of sp³-hybridized carbons (Fsp3) is 0.179. The molecular weight excluding hydrogens is 528 g/mol. The van der Waals surface area contributed by atoms with E-state index in [9.17, 15) is 8.42 Å². The maximum Gasteiger partial charge on any atom is 0.210 e. The highest BCUT2D eigenvalue weighted by molar-refractivity contribution is 7.91. The van der Waals surface area contributed by atoms with Gasteiger partial charge in [-0.25, -0.2) is 13.4 Å². The smallest absolute Gasteiger partial charge is 0.210 e. The molecule has 4 rings (SSSR count). The first-order valence-electron chi connectivity index (χ1n) is 11.5. The van der Waals surface area contributed by atoms with Gasteiger partial charge in [0, 0.05) is 23.4 Å². The average molecular weight is 555 g/mol. The largest absolute Gasteiger partial charge is 0.496 e. The van der Waals surface area contributed by atoms with Gasteiger partial charge in [0.2, 0.25) is 9.84 Å². The molecular formula is C28H27ClN2O6S. The Kier molecular flexibility index (Phi) is 8.29. The Morgan fingerprint density at radius 2 is 1.50 bits per heavy atom. The van der Waals surface area contributed by atoms with E-state index in [1.54, 1.807) is 44.4 Å². The molecule has 0 amide bonds. The lowest BCUT2D eigenvalue weighted by molar-refractivity contribution is 0.296. The molecule has 0 saturated heterocycles. The number of nitrogens with zero attached hydrogens (tertiary/aromatic N) is 1. The Morgan fingerprint density at radius 3 is 2.18 bits per heavy atom. The van der Waals surface area contributed by atoms with Crippen LogP contribution >= 0.6 is 11.6 Å². The van der Waals surface area contributed by atoms with Gasteiger partial charge in [-0.1, -0.05) is 29.8 Å². The number of halogens is 1. The van der Waals surface area contributed by atoms with Crippen LogP contribution in [-0.4, -0.2) is 34.7 Å². The highest BCUT2D eigenvalue weighted by Gasteiger charge is 2.24. The van der Waals surface area contributed by atoms with E-state index in [1.807, 2.05) is 24.3 Å². The summed E-state index contributed by atoms with van der Waals surface area (Å²) in [5.74, 6) is 2.25. The molecule has 0 atom stereocenters. The Hall–Kier alpha value is -3.95. The predicted molar refractivity (Wildman–Crippen MR) is 146 cm³/mol. The second kappa shape index (κ2) is 11.6. The third-order valence-electron chi connectivity index (χ3n) is 5.73. The van der Waals surface area contributed by atoms with Gasteiger partial charge in [0.1, 0.15) is 28.8 Å². The standard InChI is InChI=1S/C28H27ClN2O6S/c1-18-9-14-27(28(30-18)31-23-16-26(36-4)25(35-3)15-22(23)29)38(32,33)21-12-10-20(11-13-21)37-17-19-7-5-6-8-24(19)34-2/h5-16H,17H2,1-4H3,(H,30,31). The first-order valence-corrected chi connectivity index (χ1v) is 13.4. The molecule has 1 N–H and O–H groups in total. The van der Waals surface area contributed by atoms with Crippen LogP contribution in [0.5, 0.6) is 23.0 Å². The van der Waals surface area contributed by atoms with Crippen LogP contribution in [0.3, 0.4) is 0 Å². The number of ether oxygens (including phenoxy) is 4. The van der Waals surface area contributed by atoms with E-state index in [0.29, 0.717) is 39.4 Å². The minimum atomic E-state index is -3.94. The van der Waals surface area contributed by atoms with E-state index >= 15 is 0 Å². The van der Waals surface area contributed by atoms with E-state index in [1.165, 1.54) is 32.4 Å². The zero-order valence-corrected chi connectivity index (χ0v) is 22.9. The number of para-hydroxylation sites is 1. The molecule has 4 aromatic rings. The summed E-state index contributed by atoms with van der Waals surface area (Å²) in [4.78, 5) is 4.53. The van der Waals surface area contributed by atoms with Crippen molar-refractivity contribution in [3.8, 4) is 23.0 Å². The van der Waals surface area contributed by atoms with Crippen LogP contribution in [0, 0.1) is 6.92 Å². The Morgan fingerprint density at radius 1 is 0.842 bits per heavy atom. The molecule has 0 aliphatic rings. The second-order valence-electron chi connectivity index (χ2n) is 8.19. The lowest BCUT2D eigenvalue weighted by Gasteiger charge is -2.16. The summed E-state index contributed by atoms with van der Waals surface area (Å²) < 4.78 is 49.1. The van der Waals surface area contributed by atoms with Crippen molar-refractivity contribution in [2.24, 2.45) is 0 Å². The average Bonchev–Trinajstić information content (AvgIpc) is 2.93. The number of sulfone groups is 1. The zero-order valence-electron chi connectivity index (χ0n) is 21.3.